The summed E-state index contributed by atoms with van der Waals surface area (Å²) < 4.78 is 5.98. The van der Waals surface area contributed by atoms with Gasteiger partial charge >= 0.3 is 0 Å². The van der Waals surface area contributed by atoms with Crippen molar-refractivity contribution in [3.05, 3.63) is 0 Å². The number of nitrogens with one attached hydrogen (secondary N) is 1. The van der Waals surface area contributed by atoms with Gasteiger partial charge in [0.05, 0.1) is 11.2 Å². The lowest BCUT2D eigenvalue weighted by Gasteiger charge is -2.47. The Morgan fingerprint density at radius 1 is 1.28 bits per heavy atom. The molecular formula is C14H28N2O2. The van der Waals surface area contributed by atoms with Crippen LogP contribution < -0.4 is 5.32 Å². The minimum atomic E-state index is -0.265. The standard InChI is InChI=1S/C14H28N2O2/c1-7-15-11(2)8-12(17)16-9-13(3,4)18-14(5,6)10-16/h11,15H,7-10H2,1-6H3. The Hall–Kier alpha value is -0.610. The summed E-state index contributed by atoms with van der Waals surface area (Å²) in [6, 6.07) is 0.233. The minimum absolute atomic E-state index is 0.216. The zero-order chi connectivity index (χ0) is 14.0. The summed E-state index contributed by atoms with van der Waals surface area (Å²) >= 11 is 0. The highest BCUT2D eigenvalue weighted by Gasteiger charge is 2.39. The van der Waals surface area contributed by atoms with Crippen LogP contribution in [0.4, 0.5) is 0 Å². The van der Waals surface area contributed by atoms with E-state index in [1.54, 1.807) is 0 Å². The molecule has 106 valence electrons. The monoisotopic (exact) mass is 256 g/mol. The molecule has 1 rings (SSSR count). The van der Waals surface area contributed by atoms with Crippen LogP contribution >= 0.6 is 0 Å². The Kier molecular flexibility index (Phi) is 4.78. The van der Waals surface area contributed by atoms with Crippen molar-refractivity contribution >= 4 is 5.91 Å². The predicted molar refractivity (Wildman–Crippen MR) is 73.6 cm³/mol. The third-order valence-electron chi connectivity index (χ3n) is 3.08. The molecule has 4 heteroatoms. The maximum absolute atomic E-state index is 12.3. The molecule has 0 aromatic rings. The van der Waals surface area contributed by atoms with Crippen LogP contribution in [0.3, 0.4) is 0 Å². The Bertz CT molecular complexity index is 284. The number of amides is 1. The molecule has 0 radical (unpaired) electrons. The van der Waals surface area contributed by atoms with Crippen molar-refractivity contribution in [3.8, 4) is 0 Å². The third-order valence-corrected chi connectivity index (χ3v) is 3.08. The van der Waals surface area contributed by atoms with Gasteiger partial charge in [-0.1, -0.05) is 6.92 Å². The number of hydrogen-bond donors (Lipinski definition) is 1. The van der Waals surface area contributed by atoms with E-state index in [0.29, 0.717) is 19.5 Å². The van der Waals surface area contributed by atoms with E-state index in [-0.39, 0.29) is 23.2 Å². The second kappa shape index (κ2) is 5.57. The number of carbonyl (C=O) groups excluding carboxylic acids is 1. The molecule has 0 bridgehead atoms. The molecule has 1 aliphatic heterocycles. The van der Waals surface area contributed by atoms with E-state index >= 15 is 0 Å². The maximum atomic E-state index is 12.3. The molecule has 1 N–H and O–H groups in total. The van der Waals surface area contributed by atoms with E-state index in [9.17, 15) is 4.79 Å². The Balaban J connectivity index is 2.62. The molecule has 0 aromatic heterocycles. The molecule has 1 saturated heterocycles. The van der Waals surface area contributed by atoms with Crippen molar-refractivity contribution in [1.29, 1.82) is 0 Å². The van der Waals surface area contributed by atoms with E-state index in [1.807, 2.05) is 32.6 Å². The Labute approximate surface area is 111 Å². The van der Waals surface area contributed by atoms with Gasteiger partial charge in [0.1, 0.15) is 0 Å². The quantitative estimate of drug-likeness (QED) is 0.834. The maximum Gasteiger partial charge on any atom is 0.224 e. The smallest absolute Gasteiger partial charge is 0.224 e. The van der Waals surface area contributed by atoms with Gasteiger partial charge in [0.2, 0.25) is 5.91 Å². The fourth-order valence-corrected chi connectivity index (χ4v) is 2.78. The van der Waals surface area contributed by atoms with E-state index in [0.717, 1.165) is 6.54 Å². The van der Waals surface area contributed by atoms with Crippen molar-refractivity contribution in [3.63, 3.8) is 0 Å². The van der Waals surface area contributed by atoms with Crippen LogP contribution in [0.15, 0.2) is 0 Å². The third kappa shape index (κ3) is 4.58. The lowest BCUT2D eigenvalue weighted by atomic mass is 9.98. The first-order valence-electron chi connectivity index (χ1n) is 6.86. The molecule has 0 saturated carbocycles. The molecule has 0 spiro atoms. The second-order valence-corrected chi connectivity index (χ2v) is 6.53. The van der Waals surface area contributed by atoms with Crippen molar-refractivity contribution in [2.24, 2.45) is 0 Å². The van der Waals surface area contributed by atoms with Crippen LogP contribution in [0.5, 0.6) is 0 Å². The number of carbonyl (C=O) groups is 1. The summed E-state index contributed by atoms with van der Waals surface area (Å²) in [7, 11) is 0. The summed E-state index contributed by atoms with van der Waals surface area (Å²) in [4.78, 5) is 14.2. The molecule has 0 aliphatic carbocycles. The normalized spacial score (nSPS) is 23.8. The van der Waals surface area contributed by atoms with Crippen molar-refractivity contribution in [2.75, 3.05) is 19.6 Å². The lowest BCUT2D eigenvalue weighted by molar-refractivity contribution is -0.188. The molecule has 1 heterocycles. The highest BCUT2D eigenvalue weighted by atomic mass is 16.5. The number of nitrogens with zero attached hydrogens (tertiary/aromatic N) is 1. The number of ether oxygens (including phenoxy) is 1. The first kappa shape index (κ1) is 15.4. The van der Waals surface area contributed by atoms with Gasteiger partial charge in [0.15, 0.2) is 0 Å². The molecule has 0 aromatic carbocycles. The summed E-state index contributed by atoms with van der Waals surface area (Å²) in [5.41, 5.74) is -0.530. The highest BCUT2D eigenvalue weighted by Crippen LogP contribution is 2.28. The van der Waals surface area contributed by atoms with E-state index in [2.05, 4.69) is 19.2 Å². The second-order valence-electron chi connectivity index (χ2n) is 6.53. The number of rotatable bonds is 4. The van der Waals surface area contributed by atoms with Gasteiger partial charge in [-0.05, 0) is 41.2 Å². The summed E-state index contributed by atoms with van der Waals surface area (Å²) in [6.45, 7) is 14.5. The fraction of sp³-hybridized carbons (Fsp3) is 0.929. The van der Waals surface area contributed by atoms with E-state index < -0.39 is 0 Å². The van der Waals surface area contributed by atoms with Crippen LogP contribution in [0.2, 0.25) is 0 Å². The molecule has 1 amide bonds. The Morgan fingerprint density at radius 2 is 1.78 bits per heavy atom. The van der Waals surface area contributed by atoms with Gasteiger partial charge < -0.3 is 15.0 Å². The van der Waals surface area contributed by atoms with Crippen LogP contribution in [0.25, 0.3) is 0 Å². The van der Waals surface area contributed by atoms with Crippen LogP contribution in [-0.4, -0.2) is 47.7 Å². The number of morpholine rings is 1. The van der Waals surface area contributed by atoms with Gasteiger partial charge in [-0.2, -0.15) is 0 Å². The van der Waals surface area contributed by atoms with Gasteiger partial charge in [-0.3, -0.25) is 4.79 Å². The zero-order valence-corrected chi connectivity index (χ0v) is 12.7. The lowest BCUT2D eigenvalue weighted by Crippen LogP contribution is -2.59. The SMILES string of the molecule is CCNC(C)CC(=O)N1CC(C)(C)OC(C)(C)C1. The minimum Gasteiger partial charge on any atom is -0.366 e. The van der Waals surface area contributed by atoms with E-state index in [1.165, 1.54) is 0 Å². The Morgan fingerprint density at radius 3 is 2.22 bits per heavy atom. The molecule has 18 heavy (non-hydrogen) atoms. The molecule has 1 fully saturated rings. The molecule has 4 nitrogen and oxygen atoms in total. The van der Waals surface area contributed by atoms with Crippen molar-refractivity contribution in [2.45, 2.75) is 65.2 Å². The molecule has 1 atom stereocenters. The van der Waals surface area contributed by atoms with Gasteiger partial charge in [-0.15, -0.1) is 0 Å². The average Bonchev–Trinajstić information content (AvgIpc) is 2.12. The highest BCUT2D eigenvalue weighted by molar-refractivity contribution is 5.77. The van der Waals surface area contributed by atoms with Crippen LogP contribution in [0.1, 0.15) is 48.0 Å². The van der Waals surface area contributed by atoms with Crippen LogP contribution in [-0.2, 0) is 9.53 Å². The van der Waals surface area contributed by atoms with Gasteiger partial charge in [-0.25, -0.2) is 0 Å². The molecular weight excluding hydrogens is 228 g/mol. The van der Waals surface area contributed by atoms with Crippen molar-refractivity contribution in [1.82, 2.24) is 10.2 Å². The van der Waals surface area contributed by atoms with Crippen molar-refractivity contribution < 1.29 is 9.53 Å². The van der Waals surface area contributed by atoms with Gasteiger partial charge in [0.25, 0.3) is 0 Å². The topological polar surface area (TPSA) is 41.6 Å². The summed E-state index contributed by atoms with van der Waals surface area (Å²) in [5.74, 6) is 0.216. The summed E-state index contributed by atoms with van der Waals surface area (Å²) in [5, 5.41) is 3.28. The predicted octanol–water partition coefficient (Wildman–Crippen LogP) is 1.79. The first-order chi connectivity index (χ1) is 8.15. The summed E-state index contributed by atoms with van der Waals surface area (Å²) in [6.07, 6.45) is 0.556. The van der Waals surface area contributed by atoms with Gasteiger partial charge in [0, 0.05) is 25.6 Å². The molecule has 1 unspecified atom stereocenters. The van der Waals surface area contributed by atoms with E-state index in [4.69, 9.17) is 4.74 Å². The molecule has 1 aliphatic rings. The average molecular weight is 256 g/mol. The fourth-order valence-electron chi connectivity index (χ4n) is 2.78. The number of hydrogen-bond acceptors (Lipinski definition) is 3. The first-order valence-corrected chi connectivity index (χ1v) is 6.86. The largest absolute Gasteiger partial charge is 0.366 e. The van der Waals surface area contributed by atoms with Crippen LogP contribution in [0, 0.1) is 0 Å². The zero-order valence-electron chi connectivity index (χ0n) is 12.7.